The molecule has 0 radical (unpaired) electrons. The number of ether oxygens (including phenoxy) is 1. The SMILES string of the molecule is c1ccc(Oc2ccc(CC3CCCCS3)cc2)cc1. The van der Waals surface area contributed by atoms with Gasteiger partial charge in [0, 0.05) is 5.25 Å². The molecule has 0 aliphatic carbocycles. The van der Waals surface area contributed by atoms with E-state index in [-0.39, 0.29) is 0 Å². The largest absolute Gasteiger partial charge is 0.457 e. The number of para-hydroxylation sites is 1. The van der Waals surface area contributed by atoms with Gasteiger partial charge < -0.3 is 4.74 Å². The molecule has 0 bridgehead atoms. The summed E-state index contributed by atoms with van der Waals surface area (Å²) >= 11 is 2.13. The Balaban J connectivity index is 1.59. The van der Waals surface area contributed by atoms with Crippen LogP contribution in [0, 0.1) is 0 Å². The minimum absolute atomic E-state index is 0.810. The summed E-state index contributed by atoms with van der Waals surface area (Å²) < 4.78 is 5.82. The molecule has 104 valence electrons. The van der Waals surface area contributed by atoms with Gasteiger partial charge in [-0.3, -0.25) is 0 Å². The van der Waals surface area contributed by atoms with Gasteiger partial charge in [0.05, 0.1) is 0 Å². The fourth-order valence-electron chi connectivity index (χ4n) is 2.55. The molecule has 1 saturated heterocycles. The van der Waals surface area contributed by atoms with E-state index in [4.69, 9.17) is 4.74 Å². The molecule has 0 saturated carbocycles. The fraction of sp³-hybridized carbons (Fsp3) is 0.333. The summed E-state index contributed by atoms with van der Waals surface area (Å²) in [5.74, 6) is 3.14. The average Bonchev–Trinajstić information content (AvgIpc) is 2.51. The van der Waals surface area contributed by atoms with Crippen LogP contribution in [-0.4, -0.2) is 11.0 Å². The first-order valence-corrected chi connectivity index (χ1v) is 8.38. The van der Waals surface area contributed by atoms with E-state index in [0.29, 0.717) is 0 Å². The van der Waals surface area contributed by atoms with Crippen LogP contribution in [0.2, 0.25) is 0 Å². The van der Waals surface area contributed by atoms with Crippen molar-refractivity contribution in [1.82, 2.24) is 0 Å². The minimum Gasteiger partial charge on any atom is -0.457 e. The van der Waals surface area contributed by atoms with Crippen molar-refractivity contribution in [3.05, 3.63) is 60.2 Å². The maximum atomic E-state index is 5.82. The smallest absolute Gasteiger partial charge is 0.127 e. The Bertz CT molecular complexity index is 515. The van der Waals surface area contributed by atoms with Crippen LogP contribution in [0.1, 0.15) is 24.8 Å². The molecule has 1 heterocycles. The summed E-state index contributed by atoms with van der Waals surface area (Å²) in [6.07, 6.45) is 5.35. The quantitative estimate of drug-likeness (QED) is 0.752. The van der Waals surface area contributed by atoms with Crippen molar-refractivity contribution in [1.29, 1.82) is 0 Å². The van der Waals surface area contributed by atoms with Crippen molar-refractivity contribution in [3.63, 3.8) is 0 Å². The van der Waals surface area contributed by atoms with Crippen LogP contribution in [0.5, 0.6) is 11.5 Å². The Morgan fingerprint density at radius 2 is 1.65 bits per heavy atom. The molecule has 1 nitrogen and oxygen atoms in total. The number of hydrogen-bond acceptors (Lipinski definition) is 2. The lowest BCUT2D eigenvalue weighted by molar-refractivity contribution is 0.482. The zero-order valence-corrected chi connectivity index (χ0v) is 12.4. The Kier molecular flexibility index (Phi) is 4.65. The third kappa shape index (κ3) is 3.80. The normalized spacial score (nSPS) is 18.7. The summed E-state index contributed by atoms with van der Waals surface area (Å²) in [4.78, 5) is 0. The predicted octanol–water partition coefficient (Wildman–Crippen LogP) is 5.31. The molecular weight excluding hydrogens is 264 g/mol. The van der Waals surface area contributed by atoms with E-state index in [0.717, 1.165) is 16.7 Å². The van der Waals surface area contributed by atoms with Crippen molar-refractivity contribution in [2.75, 3.05) is 5.75 Å². The van der Waals surface area contributed by atoms with Crippen LogP contribution in [0.25, 0.3) is 0 Å². The Morgan fingerprint density at radius 3 is 2.35 bits per heavy atom. The molecule has 1 atom stereocenters. The van der Waals surface area contributed by atoms with E-state index in [2.05, 4.69) is 36.0 Å². The monoisotopic (exact) mass is 284 g/mol. The van der Waals surface area contributed by atoms with Crippen molar-refractivity contribution in [3.8, 4) is 11.5 Å². The van der Waals surface area contributed by atoms with E-state index in [1.165, 1.54) is 37.0 Å². The van der Waals surface area contributed by atoms with E-state index < -0.39 is 0 Å². The highest BCUT2D eigenvalue weighted by molar-refractivity contribution is 7.99. The Morgan fingerprint density at radius 1 is 0.900 bits per heavy atom. The summed E-state index contributed by atoms with van der Waals surface area (Å²) in [6.45, 7) is 0. The molecule has 20 heavy (non-hydrogen) atoms. The van der Waals surface area contributed by atoms with E-state index in [9.17, 15) is 0 Å². The molecule has 1 unspecified atom stereocenters. The van der Waals surface area contributed by atoms with Crippen molar-refractivity contribution in [2.24, 2.45) is 0 Å². The summed E-state index contributed by atoms with van der Waals surface area (Å²) in [5.41, 5.74) is 1.42. The second kappa shape index (κ2) is 6.85. The second-order valence-electron chi connectivity index (χ2n) is 5.25. The molecule has 2 aromatic rings. The zero-order chi connectivity index (χ0) is 13.6. The van der Waals surface area contributed by atoms with E-state index in [1.807, 2.05) is 30.3 Å². The third-order valence-electron chi connectivity index (χ3n) is 3.64. The Labute approximate surface area is 125 Å². The van der Waals surface area contributed by atoms with Gasteiger partial charge in [0.2, 0.25) is 0 Å². The predicted molar refractivity (Wildman–Crippen MR) is 86.8 cm³/mol. The highest BCUT2D eigenvalue weighted by atomic mass is 32.2. The van der Waals surface area contributed by atoms with Crippen molar-refractivity contribution in [2.45, 2.75) is 30.9 Å². The molecule has 0 spiro atoms. The fourth-order valence-corrected chi connectivity index (χ4v) is 3.90. The number of thioether (sulfide) groups is 1. The van der Waals surface area contributed by atoms with E-state index in [1.54, 1.807) is 0 Å². The summed E-state index contributed by atoms with van der Waals surface area (Å²) in [6, 6.07) is 18.5. The van der Waals surface area contributed by atoms with Crippen LogP contribution in [0.3, 0.4) is 0 Å². The maximum Gasteiger partial charge on any atom is 0.127 e. The molecule has 2 heteroatoms. The van der Waals surface area contributed by atoms with Gasteiger partial charge in [-0.2, -0.15) is 11.8 Å². The van der Waals surface area contributed by atoms with Gasteiger partial charge in [-0.05, 0) is 54.8 Å². The molecule has 0 aromatic heterocycles. The van der Waals surface area contributed by atoms with Gasteiger partial charge in [-0.25, -0.2) is 0 Å². The summed E-state index contributed by atoms with van der Waals surface area (Å²) in [5, 5.41) is 0.810. The molecule has 3 rings (SSSR count). The van der Waals surface area contributed by atoms with Gasteiger partial charge in [0.15, 0.2) is 0 Å². The van der Waals surface area contributed by atoms with Crippen LogP contribution >= 0.6 is 11.8 Å². The molecule has 1 fully saturated rings. The lowest BCUT2D eigenvalue weighted by Crippen LogP contribution is -2.12. The van der Waals surface area contributed by atoms with Crippen molar-refractivity contribution >= 4 is 11.8 Å². The van der Waals surface area contributed by atoms with Gasteiger partial charge >= 0.3 is 0 Å². The highest BCUT2D eigenvalue weighted by Gasteiger charge is 2.14. The molecule has 1 aliphatic rings. The summed E-state index contributed by atoms with van der Waals surface area (Å²) in [7, 11) is 0. The lowest BCUT2D eigenvalue weighted by atomic mass is 10.1. The van der Waals surface area contributed by atoms with Gasteiger partial charge in [0.25, 0.3) is 0 Å². The number of hydrogen-bond donors (Lipinski definition) is 0. The van der Waals surface area contributed by atoms with Crippen LogP contribution < -0.4 is 4.74 Å². The third-order valence-corrected chi connectivity index (χ3v) is 5.04. The first-order valence-electron chi connectivity index (χ1n) is 7.33. The standard InChI is InChI=1S/C18H20OS/c1-2-6-16(7-3-1)19-17-11-9-15(10-12-17)14-18-8-4-5-13-20-18/h1-3,6-7,9-12,18H,4-5,8,13-14H2. The zero-order valence-electron chi connectivity index (χ0n) is 11.6. The topological polar surface area (TPSA) is 9.23 Å². The lowest BCUT2D eigenvalue weighted by Gasteiger charge is -2.21. The Hall–Kier alpha value is -1.41. The van der Waals surface area contributed by atoms with Crippen LogP contribution in [0.4, 0.5) is 0 Å². The first kappa shape index (κ1) is 13.6. The van der Waals surface area contributed by atoms with Gasteiger partial charge in [-0.1, -0.05) is 36.8 Å². The minimum atomic E-state index is 0.810. The molecule has 1 aliphatic heterocycles. The maximum absolute atomic E-state index is 5.82. The van der Waals surface area contributed by atoms with Crippen molar-refractivity contribution < 1.29 is 4.74 Å². The molecule has 2 aromatic carbocycles. The van der Waals surface area contributed by atoms with Gasteiger partial charge in [0.1, 0.15) is 11.5 Å². The van der Waals surface area contributed by atoms with Crippen LogP contribution in [-0.2, 0) is 6.42 Å². The molecular formula is C18H20OS. The van der Waals surface area contributed by atoms with Crippen LogP contribution in [0.15, 0.2) is 54.6 Å². The highest BCUT2D eigenvalue weighted by Crippen LogP contribution is 2.28. The number of benzene rings is 2. The molecule has 0 amide bonds. The average molecular weight is 284 g/mol. The van der Waals surface area contributed by atoms with E-state index >= 15 is 0 Å². The molecule has 0 N–H and O–H groups in total. The second-order valence-corrected chi connectivity index (χ2v) is 6.66. The number of rotatable bonds is 4. The van der Waals surface area contributed by atoms with Gasteiger partial charge in [-0.15, -0.1) is 0 Å². The first-order chi connectivity index (χ1) is 9.90.